The zero-order valence-electron chi connectivity index (χ0n) is 9.26. The van der Waals surface area contributed by atoms with Crippen molar-refractivity contribution in [2.45, 2.75) is 0 Å². The van der Waals surface area contributed by atoms with E-state index >= 15 is 0 Å². The number of carbonyl (C=O) groups is 1. The van der Waals surface area contributed by atoms with Crippen LogP contribution >= 0.6 is 7.37 Å². The van der Waals surface area contributed by atoms with Gasteiger partial charge in [-0.25, -0.2) is 0 Å². The third-order valence-electron chi connectivity index (χ3n) is 2.02. The number of rotatable bonds is 4. The Balaban J connectivity index is 3.40. The normalized spacial score (nSPS) is 14.0. The number of hydrogen-bond acceptors (Lipinski definition) is 4. The monoisotopic (exact) mass is 244 g/mol. The van der Waals surface area contributed by atoms with Crippen molar-refractivity contribution in [3.05, 3.63) is 23.8 Å². The van der Waals surface area contributed by atoms with E-state index in [0.29, 0.717) is 0 Å². The molecule has 1 N–H and O–H groups in total. The van der Waals surface area contributed by atoms with E-state index in [1.54, 1.807) is 6.07 Å². The molecule has 0 heterocycles. The Morgan fingerprint density at radius 2 is 1.69 bits per heavy atom. The summed E-state index contributed by atoms with van der Waals surface area (Å²) in [6, 6.07) is 4.70. The summed E-state index contributed by atoms with van der Waals surface area (Å²) in [6.45, 7) is 0.987. The van der Waals surface area contributed by atoms with Gasteiger partial charge in [0.05, 0.1) is 14.2 Å². The van der Waals surface area contributed by atoms with Gasteiger partial charge in [-0.1, -0.05) is 6.07 Å². The Morgan fingerprint density at radius 1 is 1.25 bits per heavy atom. The van der Waals surface area contributed by atoms with E-state index in [-0.39, 0.29) is 17.1 Å². The zero-order chi connectivity index (χ0) is 12.3. The molecule has 0 radical (unpaired) electrons. The molecule has 88 valence electrons. The SMILES string of the molecule is COc1cccc(OC)c1C(=O)P(C)(=O)O. The fourth-order valence-electron chi connectivity index (χ4n) is 1.27. The smallest absolute Gasteiger partial charge is 0.266 e. The van der Waals surface area contributed by atoms with Crippen LogP contribution < -0.4 is 9.47 Å². The molecule has 0 aliphatic carbocycles. The molecule has 16 heavy (non-hydrogen) atoms. The Kier molecular flexibility index (Phi) is 3.73. The fraction of sp³-hybridized carbons (Fsp3) is 0.300. The molecule has 0 saturated heterocycles. The first-order valence-electron chi connectivity index (χ1n) is 4.48. The van der Waals surface area contributed by atoms with Crippen LogP contribution in [0.4, 0.5) is 0 Å². The number of carbonyl (C=O) groups excluding carboxylic acids is 1. The summed E-state index contributed by atoms with van der Waals surface area (Å²) < 4.78 is 21.3. The highest BCUT2D eigenvalue weighted by Crippen LogP contribution is 2.44. The van der Waals surface area contributed by atoms with Crippen LogP contribution in [0.25, 0.3) is 0 Å². The third-order valence-corrected chi connectivity index (χ3v) is 3.00. The summed E-state index contributed by atoms with van der Waals surface area (Å²) in [5, 5.41) is 0. The molecule has 0 aromatic heterocycles. The summed E-state index contributed by atoms with van der Waals surface area (Å²) >= 11 is 0. The maximum atomic E-state index is 11.8. The first-order chi connectivity index (χ1) is 7.41. The van der Waals surface area contributed by atoms with Crippen LogP contribution in [-0.2, 0) is 4.57 Å². The van der Waals surface area contributed by atoms with Crippen LogP contribution in [-0.4, -0.2) is 31.3 Å². The van der Waals surface area contributed by atoms with Crippen molar-refractivity contribution in [1.82, 2.24) is 0 Å². The predicted octanol–water partition coefficient (Wildman–Crippen LogP) is 1.74. The van der Waals surface area contributed by atoms with Crippen molar-refractivity contribution < 1.29 is 23.7 Å². The van der Waals surface area contributed by atoms with Gasteiger partial charge in [-0.2, -0.15) is 0 Å². The van der Waals surface area contributed by atoms with Crippen LogP contribution in [0.1, 0.15) is 10.4 Å². The Bertz CT molecular complexity index is 426. The second-order valence-electron chi connectivity index (χ2n) is 3.22. The molecule has 1 unspecified atom stereocenters. The predicted molar refractivity (Wildman–Crippen MR) is 59.6 cm³/mol. The van der Waals surface area contributed by atoms with Gasteiger partial charge in [0.1, 0.15) is 17.1 Å². The Hall–Kier alpha value is -1.32. The average Bonchev–Trinajstić information content (AvgIpc) is 2.25. The second kappa shape index (κ2) is 4.68. The highest BCUT2D eigenvalue weighted by Gasteiger charge is 2.30. The molecule has 1 aromatic carbocycles. The van der Waals surface area contributed by atoms with Gasteiger partial charge in [0.15, 0.2) is 0 Å². The summed E-state index contributed by atoms with van der Waals surface area (Å²) in [4.78, 5) is 21.0. The molecule has 0 aliphatic heterocycles. The topological polar surface area (TPSA) is 72.8 Å². The van der Waals surface area contributed by atoms with Crippen LogP contribution in [0.2, 0.25) is 0 Å². The summed E-state index contributed by atoms with van der Waals surface area (Å²) in [5.74, 6) is 0.445. The molecule has 0 aliphatic rings. The van der Waals surface area contributed by atoms with Crippen molar-refractivity contribution in [2.24, 2.45) is 0 Å². The Labute approximate surface area is 93.5 Å². The molecule has 5 nitrogen and oxygen atoms in total. The quantitative estimate of drug-likeness (QED) is 0.817. The minimum atomic E-state index is -3.86. The lowest BCUT2D eigenvalue weighted by Crippen LogP contribution is -2.05. The largest absolute Gasteiger partial charge is 0.496 e. The van der Waals surface area contributed by atoms with E-state index in [1.807, 2.05) is 0 Å². The number of benzene rings is 1. The molecule has 0 bridgehead atoms. The zero-order valence-corrected chi connectivity index (χ0v) is 10.2. The minimum Gasteiger partial charge on any atom is -0.496 e. The minimum absolute atomic E-state index is 0.000772. The highest BCUT2D eigenvalue weighted by atomic mass is 31.2. The number of ether oxygens (including phenoxy) is 2. The van der Waals surface area contributed by atoms with Gasteiger partial charge in [0.2, 0.25) is 0 Å². The van der Waals surface area contributed by atoms with Gasteiger partial charge >= 0.3 is 0 Å². The molecular weight excluding hydrogens is 231 g/mol. The van der Waals surface area contributed by atoms with E-state index in [1.165, 1.54) is 26.4 Å². The summed E-state index contributed by atoms with van der Waals surface area (Å²) in [7, 11) is -1.10. The average molecular weight is 244 g/mol. The van der Waals surface area contributed by atoms with E-state index in [0.717, 1.165) is 6.66 Å². The van der Waals surface area contributed by atoms with Crippen LogP contribution in [0.15, 0.2) is 18.2 Å². The lowest BCUT2D eigenvalue weighted by molar-refractivity contribution is 0.105. The summed E-state index contributed by atoms with van der Waals surface area (Å²) in [6.07, 6.45) is 0. The van der Waals surface area contributed by atoms with Crippen molar-refractivity contribution in [3.63, 3.8) is 0 Å². The van der Waals surface area contributed by atoms with Crippen molar-refractivity contribution in [1.29, 1.82) is 0 Å². The van der Waals surface area contributed by atoms with Gasteiger partial charge in [0, 0.05) is 6.66 Å². The van der Waals surface area contributed by atoms with E-state index in [4.69, 9.17) is 9.47 Å². The second-order valence-corrected chi connectivity index (χ2v) is 5.39. The first-order valence-corrected chi connectivity index (χ1v) is 6.58. The molecule has 1 aromatic rings. The lowest BCUT2D eigenvalue weighted by atomic mass is 10.2. The maximum Gasteiger partial charge on any atom is 0.266 e. The highest BCUT2D eigenvalue weighted by molar-refractivity contribution is 7.75. The van der Waals surface area contributed by atoms with Crippen LogP contribution in [0, 0.1) is 0 Å². The number of hydrogen-bond donors (Lipinski definition) is 1. The standard InChI is InChI=1S/C10H13O5P/c1-14-7-5-4-6-8(15-2)9(7)10(11)16(3,12)13/h4-6H,1-3H3,(H,12,13). The molecule has 1 rings (SSSR count). The van der Waals surface area contributed by atoms with Gasteiger partial charge in [-0.15, -0.1) is 0 Å². The van der Waals surface area contributed by atoms with Crippen LogP contribution in [0.5, 0.6) is 11.5 Å². The van der Waals surface area contributed by atoms with Crippen molar-refractivity contribution in [2.75, 3.05) is 20.9 Å². The van der Waals surface area contributed by atoms with E-state index < -0.39 is 12.9 Å². The molecule has 1 atom stereocenters. The van der Waals surface area contributed by atoms with E-state index in [9.17, 15) is 14.3 Å². The van der Waals surface area contributed by atoms with Gasteiger partial charge < -0.3 is 14.4 Å². The third kappa shape index (κ3) is 2.43. The molecule has 0 saturated carbocycles. The van der Waals surface area contributed by atoms with E-state index in [2.05, 4.69) is 0 Å². The van der Waals surface area contributed by atoms with Gasteiger partial charge in [-0.3, -0.25) is 9.36 Å². The lowest BCUT2D eigenvalue weighted by Gasteiger charge is -2.12. The van der Waals surface area contributed by atoms with Crippen molar-refractivity contribution >= 4 is 12.9 Å². The fourth-order valence-corrected chi connectivity index (χ4v) is 1.90. The van der Waals surface area contributed by atoms with Gasteiger partial charge in [0.25, 0.3) is 12.9 Å². The maximum absolute atomic E-state index is 11.8. The molecular formula is C10H13O5P. The van der Waals surface area contributed by atoms with Crippen LogP contribution in [0.3, 0.4) is 0 Å². The first kappa shape index (κ1) is 12.7. The Morgan fingerprint density at radius 3 is 2.00 bits per heavy atom. The van der Waals surface area contributed by atoms with Crippen molar-refractivity contribution in [3.8, 4) is 11.5 Å². The molecule has 0 spiro atoms. The molecule has 0 amide bonds. The molecule has 0 fully saturated rings. The summed E-state index contributed by atoms with van der Waals surface area (Å²) in [5.41, 5.74) is -0.873. The van der Waals surface area contributed by atoms with Gasteiger partial charge in [-0.05, 0) is 12.1 Å². The number of methoxy groups -OCH3 is 2. The molecule has 6 heteroatoms.